The van der Waals surface area contributed by atoms with Crippen molar-refractivity contribution in [2.45, 2.75) is 25.4 Å². The van der Waals surface area contributed by atoms with Gasteiger partial charge in [0.15, 0.2) is 0 Å². The highest BCUT2D eigenvalue weighted by Crippen LogP contribution is 2.28. The largest absolute Gasteiger partial charge is 0.361 e. The standard InChI is InChI=1S/C29H25ClN4O2/c30-23-10-4-1-9-21(23)28(35)33-27(15-18-16-31-24-11-5-2-7-19(18)24)29(36)34-14-13-26-22(17-34)20-8-3-6-12-25(20)32-26/h1-12,16,27,31-32H,13-15,17H2,(H,33,35). The van der Waals surface area contributed by atoms with E-state index in [1.165, 1.54) is 5.69 Å². The second-order valence-electron chi connectivity index (χ2n) is 9.21. The van der Waals surface area contributed by atoms with Crippen LogP contribution in [0.2, 0.25) is 5.02 Å². The summed E-state index contributed by atoms with van der Waals surface area (Å²) >= 11 is 6.29. The molecule has 1 aliphatic rings. The van der Waals surface area contributed by atoms with Gasteiger partial charge in [0.05, 0.1) is 10.6 Å². The summed E-state index contributed by atoms with van der Waals surface area (Å²) in [5.74, 6) is -0.458. The first-order valence-electron chi connectivity index (χ1n) is 12.1. The van der Waals surface area contributed by atoms with Crippen molar-refractivity contribution in [2.24, 2.45) is 0 Å². The lowest BCUT2D eigenvalue weighted by Gasteiger charge is -2.31. The summed E-state index contributed by atoms with van der Waals surface area (Å²) in [7, 11) is 0. The van der Waals surface area contributed by atoms with Gasteiger partial charge in [-0.2, -0.15) is 0 Å². The number of aromatic amines is 2. The fourth-order valence-corrected chi connectivity index (χ4v) is 5.40. The minimum atomic E-state index is -0.736. The number of para-hydroxylation sites is 2. The van der Waals surface area contributed by atoms with Gasteiger partial charge in [0, 0.05) is 65.2 Å². The molecule has 36 heavy (non-hydrogen) atoms. The van der Waals surface area contributed by atoms with Crippen molar-refractivity contribution >= 4 is 45.2 Å². The van der Waals surface area contributed by atoms with Crippen LogP contribution in [-0.2, 0) is 24.2 Å². The molecule has 1 atom stereocenters. The monoisotopic (exact) mass is 496 g/mol. The number of benzene rings is 3. The number of nitrogens with one attached hydrogen (secondary N) is 3. The highest BCUT2D eigenvalue weighted by Gasteiger charge is 2.31. The van der Waals surface area contributed by atoms with E-state index in [9.17, 15) is 9.59 Å². The lowest BCUT2D eigenvalue weighted by atomic mass is 10.0. The number of rotatable bonds is 5. The first kappa shape index (κ1) is 22.4. The Morgan fingerprint density at radius 2 is 1.67 bits per heavy atom. The number of amides is 2. The van der Waals surface area contributed by atoms with Crippen molar-refractivity contribution in [1.82, 2.24) is 20.2 Å². The maximum atomic E-state index is 13.9. The summed E-state index contributed by atoms with van der Waals surface area (Å²) < 4.78 is 0. The Morgan fingerprint density at radius 1 is 0.944 bits per heavy atom. The van der Waals surface area contributed by atoms with Crippen molar-refractivity contribution in [3.8, 4) is 0 Å². The molecule has 6 nitrogen and oxygen atoms in total. The Morgan fingerprint density at radius 3 is 2.50 bits per heavy atom. The first-order valence-corrected chi connectivity index (χ1v) is 12.4. The molecular weight excluding hydrogens is 472 g/mol. The molecule has 2 amide bonds. The average molecular weight is 497 g/mol. The van der Waals surface area contributed by atoms with Crippen molar-refractivity contribution in [1.29, 1.82) is 0 Å². The van der Waals surface area contributed by atoms with Crippen molar-refractivity contribution in [2.75, 3.05) is 6.54 Å². The van der Waals surface area contributed by atoms with Crippen LogP contribution in [0, 0.1) is 0 Å². The summed E-state index contributed by atoms with van der Waals surface area (Å²) in [5, 5.41) is 5.53. The van der Waals surface area contributed by atoms with E-state index in [0.717, 1.165) is 39.4 Å². The molecule has 1 unspecified atom stereocenters. The van der Waals surface area contributed by atoms with Crippen LogP contribution in [0.4, 0.5) is 0 Å². The average Bonchev–Trinajstić information content (AvgIpc) is 3.49. The summed E-state index contributed by atoms with van der Waals surface area (Å²) in [6, 6.07) is 22.3. The minimum Gasteiger partial charge on any atom is -0.361 e. The van der Waals surface area contributed by atoms with Gasteiger partial charge in [0.1, 0.15) is 6.04 Å². The molecule has 0 saturated heterocycles. The summed E-state index contributed by atoms with van der Waals surface area (Å²) in [4.78, 5) is 35.8. The van der Waals surface area contributed by atoms with Crippen LogP contribution in [0.25, 0.3) is 21.8 Å². The van der Waals surface area contributed by atoms with E-state index in [-0.39, 0.29) is 11.8 Å². The van der Waals surface area contributed by atoms with Crippen LogP contribution >= 0.6 is 11.6 Å². The zero-order valence-corrected chi connectivity index (χ0v) is 20.3. The fourth-order valence-electron chi connectivity index (χ4n) is 5.18. The fraction of sp³-hybridized carbons (Fsp3) is 0.172. The Bertz CT molecular complexity index is 1600. The number of hydrogen-bond donors (Lipinski definition) is 3. The van der Waals surface area contributed by atoms with Gasteiger partial charge in [-0.05, 0) is 29.8 Å². The number of H-pyrrole nitrogens is 2. The summed E-state index contributed by atoms with van der Waals surface area (Å²) in [6.07, 6.45) is 3.03. The molecule has 0 radical (unpaired) electrons. The molecule has 0 saturated carbocycles. The van der Waals surface area contributed by atoms with E-state index in [4.69, 9.17) is 11.6 Å². The molecule has 5 aromatic rings. The Kier molecular flexibility index (Phi) is 5.74. The van der Waals surface area contributed by atoms with E-state index in [1.54, 1.807) is 24.3 Å². The number of aromatic nitrogens is 2. The molecule has 180 valence electrons. The van der Waals surface area contributed by atoms with Gasteiger partial charge < -0.3 is 20.2 Å². The second-order valence-corrected chi connectivity index (χ2v) is 9.61. The van der Waals surface area contributed by atoms with E-state index < -0.39 is 6.04 Å². The molecule has 0 aliphatic carbocycles. The Balaban J connectivity index is 1.31. The number of nitrogens with zero attached hydrogens (tertiary/aromatic N) is 1. The predicted octanol–water partition coefficient (Wildman–Crippen LogP) is 5.23. The number of hydrogen-bond acceptors (Lipinski definition) is 2. The molecule has 2 aromatic heterocycles. The number of halogens is 1. The van der Waals surface area contributed by atoms with Gasteiger partial charge in [0.2, 0.25) is 5.91 Å². The molecule has 3 heterocycles. The molecule has 0 bridgehead atoms. The van der Waals surface area contributed by atoms with Crippen LogP contribution in [0.1, 0.15) is 27.2 Å². The lowest BCUT2D eigenvalue weighted by molar-refractivity contribution is -0.134. The van der Waals surface area contributed by atoms with Crippen LogP contribution in [-0.4, -0.2) is 39.3 Å². The molecule has 1 aliphatic heterocycles. The van der Waals surface area contributed by atoms with Crippen LogP contribution < -0.4 is 5.32 Å². The van der Waals surface area contributed by atoms with Gasteiger partial charge >= 0.3 is 0 Å². The molecule has 0 fully saturated rings. The van der Waals surface area contributed by atoms with E-state index >= 15 is 0 Å². The summed E-state index contributed by atoms with van der Waals surface area (Å²) in [6.45, 7) is 1.09. The third-order valence-corrected chi connectivity index (χ3v) is 7.34. The maximum absolute atomic E-state index is 13.9. The SMILES string of the molecule is O=C(NC(Cc1c[nH]c2ccccc12)C(=O)N1CCc2[nH]c3ccccc3c2C1)c1ccccc1Cl. The molecular formula is C29H25ClN4O2. The minimum absolute atomic E-state index is 0.100. The molecule has 7 heteroatoms. The van der Waals surface area contributed by atoms with Crippen molar-refractivity contribution in [3.05, 3.63) is 106 Å². The topological polar surface area (TPSA) is 81.0 Å². The van der Waals surface area contributed by atoms with E-state index in [2.05, 4.69) is 27.4 Å². The van der Waals surface area contributed by atoms with Crippen molar-refractivity contribution in [3.63, 3.8) is 0 Å². The maximum Gasteiger partial charge on any atom is 0.253 e. The smallest absolute Gasteiger partial charge is 0.253 e. The van der Waals surface area contributed by atoms with Gasteiger partial charge in [-0.3, -0.25) is 9.59 Å². The molecule has 0 spiro atoms. The third-order valence-electron chi connectivity index (χ3n) is 7.02. The van der Waals surface area contributed by atoms with Crippen LogP contribution in [0.15, 0.2) is 79.0 Å². The predicted molar refractivity (Wildman–Crippen MR) is 142 cm³/mol. The Labute approximate surface area is 213 Å². The highest BCUT2D eigenvalue weighted by atomic mass is 35.5. The molecule has 3 N–H and O–H groups in total. The Hall–Kier alpha value is -4.03. The lowest BCUT2D eigenvalue weighted by Crippen LogP contribution is -2.50. The molecule has 3 aromatic carbocycles. The zero-order valence-electron chi connectivity index (χ0n) is 19.6. The molecule has 6 rings (SSSR count). The van der Waals surface area contributed by atoms with E-state index in [0.29, 0.717) is 30.1 Å². The zero-order chi connectivity index (χ0) is 24.6. The number of carbonyl (C=O) groups is 2. The van der Waals surface area contributed by atoms with Crippen LogP contribution in [0.5, 0.6) is 0 Å². The first-order chi connectivity index (χ1) is 17.6. The van der Waals surface area contributed by atoms with E-state index in [1.807, 2.05) is 47.5 Å². The second kappa shape index (κ2) is 9.21. The quantitative estimate of drug-likeness (QED) is 0.311. The number of carbonyl (C=O) groups excluding carboxylic acids is 2. The van der Waals surface area contributed by atoms with Crippen molar-refractivity contribution < 1.29 is 9.59 Å². The number of fused-ring (bicyclic) bond motifs is 4. The van der Waals surface area contributed by atoms with Gasteiger partial charge in [-0.25, -0.2) is 0 Å². The summed E-state index contributed by atoms with van der Waals surface area (Å²) in [5.41, 5.74) is 5.74. The van der Waals surface area contributed by atoms with Gasteiger partial charge in [-0.15, -0.1) is 0 Å². The third kappa shape index (κ3) is 4.03. The van der Waals surface area contributed by atoms with Gasteiger partial charge in [0.25, 0.3) is 5.91 Å². The van der Waals surface area contributed by atoms with Gasteiger partial charge in [-0.1, -0.05) is 60.1 Å². The van der Waals surface area contributed by atoms with Crippen LogP contribution in [0.3, 0.4) is 0 Å². The normalized spacial score (nSPS) is 14.1. The highest BCUT2D eigenvalue weighted by molar-refractivity contribution is 6.33.